The molecule has 0 bridgehead atoms. The SMILES string of the molecule is CCCCOCC(=O)NC(c1ccc(OC)cc1)c1nccn1C. The standard InChI is InChI=1S/C18H25N3O3/c1-4-5-12-24-13-16(22)20-17(18-19-10-11-21(18)2)14-6-8-15(23-3)9-7-14/h6-11,17H,4-5,12-13H2,1-3H3,(H,20,22). The summed E-state index contributed by atoms with van der Waals surface area (Å²) in [5.74, 6) is 1.38. The Bertz CT molecular complexity index is 637. The van der Waals surface area contributed by atoms with Crippen molar-refractivity contribution >= 4 is 5.91 Å². The number of imidazole rings is 1. The van der Waals surface area contributed by atoms with E-state index >= 15 is 0 Å². The Morgan fingerprint density at radius 2 is 2.08 bits per heavy atom. The van der Waals surface area contributed by atoms with Crippen molar-refractivity contribution in [3.05, 3.63) is 48.0 Å². The van der Waals surface area contributed by atoms with Crippen molar-refractivity contribution in [2.24, 2.45) is 7.05 Å². The number of methoxy groups -OCH3 is 1. The Labute approximate surface area is 142 Å². The molecule has 130 valence electrons. The predicted molar refractivity (Wildman–Crippen MR) is 91.9 cm³/mol. The average molecular weight is 331 g/mol. The minimum absolute atomic E-state index is 0.0527. The second-order valence-electron chi connectivity index (χ2n) is 5.58. The summed E-state index contributed by atoms with van der Waals surface area (Å²) in [7, 11) is 3.53. The normalized spacial score (nSPS) is 12.0. The van der Waals surface area contributed by atoms with Crippen LogP contribution < -0.4 is 10.1 Å². The molecule has 1 heterocycles. The summed E-state index contributed by atoms with van der Waals surface area (Å²) in [6, 6.07) is 7.26. The maximum atomic E-state index is 12.2. The van der Waals surface area contributed by atoms with Crippen molar-refractivity contribution in [1.29, 1.82) is 0 Å². The van der Waals surface area contributed by atoms with Crippen LogP contribution in [0.15, 0.2) is 36.7 Å². The Morgan fingerprint density at radius 3 is 2.67 bits per heavy atom. The highest BCUT2D eigenvalue weighted by atomic mass is 16.5. The Kier molecular flexibility index (Phi) is 6.81. The number of nitrogens with zero attached hydrogens (tertiary/aromatic N) is 2. The van der Waals surface area contributed by atoms with Gasteiger partial charge in [-0.25, -0.2) is 4.98 Å². The molecule has 0 spiro atoms. The molecule has 6 nitrogen and oxygen atoms in total. The van der Waals surface area contributed by atoms with Gasteiger partial charge in [0.25, 0.3) is 0 Å². The van der Waals surface area contributed by atoms with Gasteiger partial charge in [0, 0.05) is 26.0 Å². The molecule has 0 aliphatic heterocycles. The minimum atomic E-state index is -0.335. The molecule has 1 N–H and O–H groups in total. The van der Waals surface area contributed by atoms with E-state index in [-0.39, 0.29) is 18.6 Å². The number of ether oxygens (including phenoxy) is 2. The molecule has 0 aliphatic carbocycles. The first-order valence-electron chi connectivity index (χ1n) is 8.14. The quantitative estimate of drug-likeness (QED) is 0.717. The number of hydrogen-bond donors (Lipinski definition) is 1. The minimum Gasteiger partial charge on any atom is -0.497 e. The zero-order valence-corrected chi connectivity index (χ0v) is 14.5. The van der Waals surface area contributed by atoms with E-state index in [1.807, 2.05) is 42.1 Å². The van der Waals surface area contributed by atoms with Crippen molar-refractivity contribution < 1.29 is 14.3 Å². The third-order valence-electron chi connectivity index (χ3n) is 3.75. The van der Waals surface area contributed by atoms with Gasteiger partial charge in [0.05, 0.1) is 7.11 Å². The number of carbonyl (C=O) groups excluding carboxylic acids is 1. The molecule has 1 aromatic heterocycles. The topological polar surface area (TPSA) is 65.4 Å². The van der Waals surface area contributed by atoms with Crippen molar-refractivity contribution in [2.75, 3.05) is 20.3 Å². The second kappa shape index (κ2) is 9.08. The van der Waals surface area contributed by atoms with E-state index < -0.39 is 0 Å². The number of rotatable bonds is 9. The van der Waals surface area contributed by atoms with Crippen molar-refractivity contribution in [3.8, 4) is 5.75 Å². The van der Waals surface area contributed by atoms with Crippen LogP contribution in [0, 0.1) is 0 Å². The van der Waals surface area contributed by atoms with E-state index in [4.69, 9.17) is 9.47 Å². The molecule has 0 fully saturated rings. The number of nitrogens with one attached hydrogen (secondary N) is 1. The molecule has 2 rings (SSSR count). The van der Waals surface area contributed by atoms with E-state index in [0.29, 0.717) is 6.61 Å². The molecular formula is C18H25N3O3. The van der Waals surface area contributed by atoms with E-state index in [1.54, 1.807) is 13.3 Å². The van der Waals surface area contributed by atoms with Gasteiger partial charge in [0.15, 0.2) is 0 Å². The fourth-order valence-corrected chi connectivity index (χ4v) is 2.36. The number of carbonyl (C=O) groups is 1. The van der Waals surface area contributed by atoms with E-state index in [1.165, 1.54) is 0 Å². The molecule has 0 saturated heterocycles. The fraction of sp³-hybridized carbons (Fsp3) is 0.444. The number of amides is 1. The molecule has 2 aromatic rings. The maximum Gasteiger partial charge on any atom is 0.246 e. The van der Waals surface area contributed by atoms with E-state index in [9.17, 15) is 4.79 Å². The molecule has 24 heavy (non-hydrogen) atoms. The van der Waals surface area contributed by atoms with Gasteiger partial charge in [-0.2, -0.15) is 0 Å². The van der Waals surface area contributed by atoms with Crippen LogP contribution in [0.5, 0.6) is 5.75 Å². The lowest BCUT2D eigenvalue weighted by molar-refractivity contribution is -0.126. The highest BCUT2D eigenvalue weighted by Crippen LogP contribution is 2.22. The maximum absolute atomic E-state index is 12.2. The van der Waals surface area contributed by atoms with Crippen molar-refractivity contribution in [3.63, 3.8) is 0 Å². The van der Waals surface area contributed by atoms with Crippen LogP contribution in [0.3, 0.4) is 0 Å². The lowest BCUT2D eigenvalue weighted by Gasteiger charge is -2.19. The van der Waals surface area contributed by atoms with Crippen LogP contribution in [0.4, 0.5) is 0 Å². The zero-order valence-electron chi connectivity index (χ0n) is 14.5. The highest BCUT2D eigenvalue weighted by molar-refractivity contribution is 5.78. The van der Waals surface area contributed by atoms with Crippen LogP contribution in [-0.2, 0) is 16.6 Å². The van der Waals surface area contributed by atoms with Crippen molar-refractivity contribution in [2.45, 2.75) is 25.8 Å². The largest absolute Gasteiger partial charge is 0.497 e. The smallest absolute Gasteiger partial charge is 0.246 e. The lowest BCUT2D eigenvalue weighted by atomic mass is 10.1. The second-order valence-corrected chi connectivity index (χ2v) is 5.58. The molecule has 0 saturated carbocycles. The summed E-state index contributed by atoms with van der Waals surface area (Å²) in [4.78, 5) is 16.6. The summed E-state index contributed by atoms with van der Waals surface area (Å²) >= 11 is 0. The summed E-state index contributed by atoms with van der Waals surface area (Å²) < 4.78 is 12.5. The zero-order chi connectivity index (χ0) is 17.4. The van der Waals surface area contributed by atoms with Gasteiger partial charge in [-0.05, 0) is 24.1 Å². The molecule has 0 aliphatic rings. The van der Waals surface area contributed by atoms with Gasteiger partial charge < -0.3 is 19.4 Å². The molecule has 1 atom stereocenters. The summed E-state index contributed by atoms with van der Waals surface area (Å²) in [6.45, 7) is 2.74. The molecule has 6 heteroatoms. The van der Waals surface area contributed by atoms with Crippen LogP contribution in [0.2, 0.25) is 0 Å². The molecule has 0 radical (unpaired) electrons. The molecular weight excluding hydrogens is 306 g/mol. The number of unbranched alkanes of at least 4 members (excludes halogenated alkanes) is 1. The predicted octanol–water partition coefficient (Wildman–Crippen LogP) is 2.45. The van der Waals surface area contributed by atoms with Gasteiger partial charge >= 0.3 is 0 Å². The van der Waals surface area contributed by atoms with Gasteiger partial charge in [0.1, 0.15) is 24.2 Å². The third kappa shape index (κ3) is 4.83. The van der Waals surface area contributed by atoms with Crippen molar-refractivity contribution in [1.82, 2.24) is 14.9 Å². The van der Waals surface area contributed by atoms with Crippen LogP contribution in [0.25, 0.3) is 0 Å². The lowest BCUT2D eigenvalue weighted by Crippen LogP contribution is -2.33. The molecule has 1 aromatic carbocycles. The Morgan fingerprint density at radius 1 is 1.33 bits per heavy atom. The number of hydrogen-bond acceptors (Lipinski definition) is 4. The highest BCUT2D eigenvalue weighted by Gasteiger charge is 2.20. The Hall–Kier alpha value is -2.34. The van der Waals surface area contributed by atoms with Gasteiger partial charge in [-0.1, -0.05) is 25.5 Å². The summed E-state index contributed by atoms with van der Waals surface area (Å²) in [5.41, 5.74) is 0.937. The third-order valence-corrected chi connectivity index (χ3v) is 3.75. The number of aryl methyl sites for hydroxylation is 1. The number of benzene rings is 1. The van der Waals surface area contributed by atoms with Crippen LogP contribution in [-0.4, -0.2) is 35.8 Å². The summed E-state index contributed by atoms with van der Waals surface area (Å²) in [6.07, 6.45) is 5.57. The van der Waals surface area contributed by atoms with Crippen LogP contribution >= 0.6 is 0 Å². The van der Waals surface area contributed by atoms with Gasteiger partial charge in [-0.3, -0.25) is 4.79 Å². The first-order valence-corrected chi connectivity index (χ1v) is 8.14. The first-order chi connectivity index (χ1) is 11.7. The van der Waals surface area contributed by atoms with Crippen LogP contribution in [0.1, 0.15) is 37.2 Å². The monoisotopic (exact) mass is 331 g/mol. The first kappa shape index (κ1) is 18.0. The molecule has 1 unspecified atom stereocenters. The number of aromatic nitrogens is 2. The molecule has 1 amide bonds. The van der Waals surface area contributed by atoms with Gasteiger partial charge in [0.2, 0.25) is 5.91 Å². The Balaban J connectivity index is 2.11. The summed E-state index contributed by atoms with van der Waals surface area (Å²) in [5, 5.41) is 3.00. The fourth-order valence-electron chi connectivity index (χ4n) is 2.36. The average Bonchev–Trinajstić information content (AvgIpc) is 3.02. The van der Waals surface area contributed by atoms with Gasteiger partial charge in [-0.15, -0.1) is 0 Å². The van der Waals surface area contributed by atoms with E-state index in [0.717, 1.165) is 30.0 Å². The van der Waals surface area contributed by atoms with E-state index in [2.05, 4.69) is 17.2 Å².